The summed E-state index contributed by atoms with van der Waals surface area (Å²) in [6, 6.07) is 6.30. The van der Waals surface area contributed by atoms with Crippen LogP contribution in [0.3, 0.4) is 0 Å². The van der Waals surface area contributed by atoms with E-state index in [1.807, 2.05) is 6.20 Å². The first kappa shape index (κ1) is 7.80. The van der Waals surface area contributed by atoms with Gasteiger partial charge in [-0.1, -0.05) is 28.1 Å². The third-order valence-electron chi connectivity index (χ3n) is 1.93. The van der Waals surface area contributed by atoms with Gasteiger partial charge in [0.15, 0.2) is 0 Å². The van der Waals surface area contributed by atoms with Gasteiger partial charge in [-0.25, -0.2) is 0 Å². The van der Waals surface area contributed by atoms with Gasteiger partial charge in [0.05, 0.1) is 11.7 Å². The highest BCUT2D eigenvalue weighted by Crippen LogP contribution is 2.24. The summed E-state index contributed by atoms with van der Waals surface area (Å²) < 4.78 is 0. The van der Waals surface area contributed by atoms with Crippen molar-refractivity contribution >= 4 is 26.8 Å². The van der Waals surface area contributed by atoms with Crippen molar-refractivity contribution < 1.29 is 0 Å². The summed E-state index contributed by atoms with van der Waals surface area (Å²) in [5.74, 6) is 0. The largest absolute Gasteiger partial charge is 0.278 e. The first-order valence-corrected chi connectivity index (χ1v) is 4.76. The average Bonchev–Trinajstić information content (AvgIpc) is 2.49. The van der Waals surface area contributed by atoms with Gasteiger partial charge in [-0.05, 0) is 18.6 Å². The van der Waals surface area contributed by atoms with Crippen LogP contribution < -0.4 is 0 Å². The molecule has 1 atom stereocenters. The Morgan fingerprint density at radius 3 is 3.08 bits per heavy atom. The second-order valence-corrected chi connectivity index (χ2v) is 4.21. The van der Waals surface area contributed by atoms with E-state index >= 15 is 0 Å². The van der Waals surface area contributed by atoms with E-state index in [4.69, 9.17) is 0 Å². The molecule has 0 aliphatic rings. The van der Waals surface area contributed by atoms with Crippen molar-refractivity contribution in [1.82, 2.24) is 10.2 Å². The number of nitrogens with one attached hydrogen (secondary N) is 1. The normalized spacial score (nSPS) is 13.5. The molecule has 1 N–H and O–H groups in total. The summed E-state index contributed by atoms with van der Waals surface area (Å²) >= 11 is 3.52. The van der Waals surface area contributed by atoms with Crippen LogP contribution in [0.5, 0.6) is 0 Å². The molecule has 0 bridgehead atoms. The number of halogens is 1. The number of aromatic nitrogens is 2. The maximum atomic E-state index is 3.96. The van der Waals surface area contributed by atoms with Crippen molar-refractivity contribution in [3.05, 3.63) is 30.0 Å². The van der Waals surface area contributed by atoms with E-state index < -0.39 is 0 Å². The van der Waals surface area contributed by atoms with Gasteiger partial charge in [-0.15, -0.1) is 0 Å². The number of rotatable bonds is 1. The van der Waals surface area contributed by atoms with E-state index in [2.05, 4.69) is 51.3 Å². The smallest absolute Gasteiger partial charge is 0.0653 e. The second-order valence-electron chi connectivity index (χ2n) is 2.83. The lowest BCUT2D eigenvalue weighted by Crippen LogP contribution is -1.82. The van der Waals surface area contributed by atoms with Crippen molar-refractivity contribution in [1.29, 1.82) is 0 Å². The second kappa shape index (κ2) is 2.90. The van der Waals surface area contributed by atoms with Gasteiger partial charge in [-0.3, -0.25) is 5.10 Å². The summed E-state index contributed by atoms with van der Waals surface area (Å²) in [5.41, 5.74) is 2.37. The molecule has 0 radical (unpaired) electrons. The molecule has 1 unspecified atom stereocenters. The van der Waals surface area contributed by atoms with Crippen LogP contribution in [0.15, 0.2) is 24.4 Å². The number of hydrogen-bond acceptors (Lipinski definition) is 1. The Hall–Kier alpha value is -0.830. The first-order chi connectivity index (χ1) is 5.77. The van der Waals surface area contributed by atoms with E-state index in [0.717, 1.165) is 10.9 Å². The van der Waals surface area contributed by atoms with Gasteiger partial charge in [0.1, 0.15) is 0 Å². The number of aromatic amines is 1. The summed E-state index contributed by atoms with van der Waals surface area (Å²) in [5, 5.41) is 8.06. The van der Waals surface area contributed by atoms with Crippen molar-refractivity contribution in [2.24, 2.45) is 0 Å². The third-order valence-corrected chi connectivity index (χ3v) is 2.45. The van der Waals surface area contributed by atoms with Crippen LogP contribution in [0.25, 0.3) is 10.9 Å². The SMILES string of the molecule is CC(Br)c1ccc2cn[nH]c2c1. The molecule has 0 aliphatic carbocycles. The van der Waals surface area contributed by atoms with E-state index in [0.29, 0.717) is 4.83 Å². The fraction of sp³-hybridized carbons (Fsp3) is 0.222. The Morgan fingerprint density at radius 1 is 1.50 bits per heavy atom. The van der Waals surface area contributed by atoms with E-state index in [1.165, 1.54) is 5.56 Å². The van der Waals surface area contributed by atoms with E-state index in [9.17, 15) is 0 Å². The summed E-state index contributed by atoms with van der Waals surface area (Å²) in [4.78, 5) is 0.394. The summed E-state index contributed by atoms with van der Waals surface area (Å²) in [7, 11) is 0. The van der Waals surface area contributed by atoms with Crippen LogP contribution in [-0.2, 0) is 0 Å². The fourth-order valence-corrected chi connectivity index (χ4v) is 1.49. The minimum atomic E-state index is 0.394. The third kappa shape index (κ3) is 1.25. The molecular weight excluding hydrogens is 216 g/mol. The number of fused-ring (bicyclic) bond motifs is 1. The van der Waals surface area contributed by atoms with Gasteiger partial charge >= 0.3 is 0 Å². The molecule has 2 aromatic rings. The molecule has 0 spiro atoms. The van der Waals surface area contributed by atoms with E-state index in [1.54, 1.807) is 0 Å². The number of H-pyrrole nitrogens is 1. The van der Waals surface area contributed by atoms with Crippen LogP contribution in [0.2, 0.25) is 0 Å². The van der Waals surface area contributed by atoms with Gasteiger partial charge in [-0.2, -0.15) is 5.10 Å². The highest BCUT2D eigenvalue weighted by molar-refractivity contribution is 9.09. The predicted molar refractivity (Wildman–Crippen MR) is 53.4 cm³/mol. The molecule has 2 nitrogen and oxygen atoms in total. The Morgan fingerprint density at radius 2 is 2.33 bits per heavy atom. The van der Waals surface area contributed by atoms with Crippen LogP contribution in [-0.4, -0.2) is 10.2 Å². The maximum absolute atomic E-state index is 3.96. The molecular formula is C9H9BrN2. The lowest BCUT2D eigenvalue weighted by molar-refractivity contribution is 1.10. The Kier molecular flexibility index (Phi) is 1.89. The quantitative estimate of drug-likeness (QED) is 0.742. The van der Waals surface area contributed by atoms with Crippen LogP contribution in [0.1, 0.15) is 17.3 Å². The minimum Gasteiger partial charge on any atom is -0.278 e. The van der Waals surface area contributed by atoms with Crippen LogP contribution in [0.4, 0.5) is 0 Å². The molecule has 0 amide bonds. The van der Waals surface area contributed by atoms with E-state index in [-0.39, 0.29) is 0 Å². The first-order valence-electron chi connectivity index (χ1n) is 3.84. The van der Waals surface area contributed by atoms with Gasteiger partial charge in [0.2, 0.25) is 0 Å². The molecule has 62 valence electrons. The number of hydrogen-bond donors (Lipinski definition) is 1. The molecule has 12 heavy (non-hydrogen) atoms. The standard InChI is InChI=1S/C9H9BrN2/c1-6(10)7-2-3-8-5-11-12-9(8)4-7/h2-6H,1H3,(H,11,12). The lowest BCUT2D eigenvalue weighted by Gasteiger charge is -2.01. The summed E-state index contributed by atoms with van der Waals surface area (Å²) in [6.45, 7) is 2.11. The molecule has 3 heteroatoms. The molecule has 1 aromatic carbocycles. The number of benzene rings is 1. The monoisotopic (exact) mass is 224 g/mol. The van der Waals surface area contributed by atoms with Crippen LogP contribution >= 0.6 is 15.9 Å². The zero-order valence-corrected chi connectivity index (χ0v) is 8.30. The Balaban J connectivity index is 2.60. The van der Waals surface area contributed by atoms with Crippen molar-refractivity contribution in [2.45, 2.75) is 11.8 Å². The van der Waals surface area contributed by atoms with Gasteiger partial charge < -0.3 is 0 Å². The van der Waals surface area contributed by atoms with Crippen molar-refractivity contribution in [2.75, 3.05) is 0 Å². The zero-order valence-electron chi connectivity index (χ0n) is 6.71. The molecule has 2 rings (SSSR count). The van der Waals surface area contributed by atoms with Crippen molar-refractivity contribution in [3.8, 4) is 0 Å². The molecule has 0 saturated carbocycles. The molecule has 1 aromatic heterocycles. The Bertz CT molecular complexity index is 392. The maximum Gasteiger partial charge on any atom is 0.0653 e. The van der Waals surface area contributed by atoms with Gasteiger partial charge in [0, 0.05) is 10.2 Å². The Labute approximate surface area is 79.1 Å². The number of alkyl halides is 1. The fourth-order valence-electron chi connectivity index (χ4n) is 1.20. The molecule has 1 heterocycles. The highest BCUT2D eigenvalue weighted by atomic mass is 79.9. The molecule has 0 fully saturated rings. The van der Waals surface area contributed by atoms with Gasteiger partial charge in [0.25, 0.3) is 0 Å². The molecule has 0 saturated heterocycles. The number of nitrogens with zero attached hydrogens (tertiary/aromatic N) is 1. The average molecular weight is 225 g/mol. The predicted octanol–water partition coefficient (Wildman–Crippen LogP) is 3.02. The minimum absolute atomic E-state index is 0.394. The zero-order chi connectivity index (χ0) is 8.55. The van der Waals surface area contributed by atoms with Crippen molar-refractivity contribution in [3.63, 3.8) is 0 Å². The lowest BCUT2D eigenvalue weighted by atomic mass is 10.1. The topological polar surface area (TPSA) is 28.7 Å². The highest BCUT2D eigenvalue weighted by Gasteiger charge is 2.01. The van der Waals surface area contributed by atoms with Crippen LogP contribution in [0, 0.1) is 0 Å². The molecule has 0 aliphatic heterocycles. The summed E-state index contributed by atoms with van der Waals surface area (Å²) in [6.07, 6.45) is 1.83.